The summed E-state index contributed by atoms with van der Waals surface area (Å²) in [7, 11) is 1.51. The number of rotatable bonds is 5. The van der Waals surface area contributed by atoms with Crippen molar-refractivity contribution in [2.75, 3.05) is 12.4 Å². The number of methoxy groups -OCH3 is 1. The van der Waals surface area contributed by atoms with Crippen LogP contribution in [-0.4, -0.2) is 27.8 Å². The number of carbonyl (C=O) groups excluding carboxylic acids is 1. The second kappa shape index (κ2) is 7.47. The lowest BCUT2D eigenvalue weighted by Crippen LogP contribution is -2.29. The molecule has 0 saturated carbocycles. The molecule has 1 aliphatic rings. The van der Waals surface area contributed by atoms with Crippen molar-refractivity contribution < 1.29 is 18.7 Å². The van der Waals surface area contributed by atoms with Crippen molar-refractivity contribution in [2.24, 2.45) is 0 Å². The van der Waals surface area contributed by atoms with Gasteiger partial charge in [0.25, 0.3) is 0 Å². The van der Waals surface area contributed by atoms with Crippen LogP contribution < -0.4 is 14.8 Å². The Bertz CT molecular complexity index is 1020. The predicted octanol–water partition coefficient (Wildman–Crippen LogP) is 3.59. The van der Waals surface area contributed by atoms with Crippen molar-refractivity contribution in [1.82, 2.24) is 14.8 Å². The molecule has 2 heterocycles. The number of ether oxygens (including phenoxy) is 2. The number of hydrogen-bond acceptors (Lipinski definition) is 5. The molecule has 28 heavy (non-hydrogen) atoms. The van der Waals surface area contributed by atoms with Gasteiger partial charge in [-0.15, -0.1) is 0 Å². The van der Waals surface area contributed by atoms with Crippen LogP contribution in [0, 0.1) is 5.82 Å². The van der Waals surface area contributed by atoms with Gasteiger partial charge >= 0.3 is 0 Å². The van der Waals surface area contributed by atoms with Gasteiger partial charge in [-0.1, -0.05) is 23.7 Å². The minimum atomic E-state index is -0.435. The summed E-state index contributed by atoms with van der Waals surface area (Å²) in [4.78, 5) is 16.0. The van der Waals surface area contributed by atoms with E-state index in [0.29, 0.717) is 22.5 Å². The van der Waals surface area contributed by atoms with Crippen LogP contribution in [-0.2, 0) is 11.4 Å². The van der Waals surface area contributed by atoms with Crippen LogP contribution in [0.15, 0.2) is 42.7 Å². The van der Waals surface area contributed by atoms with E-state index < -0.39 is 5.82 Å². The van der Waals surface area contributed by atoms with Gasteiger partial charge in [-0.05, 0) is 29.8 Å². The normalized spacial score (nSPS) is 15.7. The molecular weight excluding hydrogens is 387 g/mol. The molecule has 2 aromatic carbocycles. The molecule has 0 unspecified atom stereocenters. The summed E-state index contributed by atoms with van der Waals surface area (Å²) in [6, 6.07) is 9.46. The topological polar surface area (TPSA) is 78.3 Å². The fraction of sp³-hybridized carbons (Fsp3) is 0.211. The molecule has 1 aliphatic heterocycles. The number of fused-ring (bicyclic) bond motifs is 1. The molecule has 0 fully saturated rings. The van der Waals surface area contributed by atoms with Gasteiger partial charge in [0.2, 0.25) is 11.9 Å². The number of halogens is 2. The Balaban J connectivity index is 1.60. The number of carbonyl (C=O) groups is 1. The average Bonchev–Trinajstić information content (AvgIpc) is 3.15. The van der Waals surface area contributed by atoms with Crippen LogP contribution >= 0.6 is 11.6 Å². The molecule has 3 aromatic rings. The van der Waals surface area contributed by atoms with Crippen molar-refractivity contribution in [1.29, 1.82) is 0 Å². The smallest absolute Gasteiger partial charge is 0.229 e. The molecule has 0 aliphatic carbocycles. The zero-order chi connectivity index (χ0) is 19.7. The Morgan fingerprint density at radius 1 is 1.32 bits per heavy atom. The molecule has 144 valence electrons. The van der Waals surface area contributed by atoms with Gasteiger partial charge in [0.15, 0.2) is 11.5 Å². The molecule has 0 bridgehead atoms. The third-order valence-electron chi connectivity index (χ3n) is 4.50. The maximum absolute atomic E-state index is 13.9. The Hall–Kier alpha value is -3.13. The van der Waals surface area contributed by atoms with E-state index in [2.05, 4.69) is 15.4 Å². The first kappa shape index (κ1) is 18.2. The molecule has 1 N–H and O–H groups in total. The number of anilines is 1. The highest BCUT2D eigenvalue weighted by Crippen LogP contribution is 2.35. The van der Waals surface area contributed by atoms with E-state index in [4.69, 9.17) is 21.1 Å². The molecule has 1 aromatic heterocycles. The van der Waals surface area contributed by atoms with E-state index in [0.717, 1.165) is 5.56 Å². The van der Waals surface area contributed by atoms with Crippen molar-refractivity contribution >= 4 is 23.5 Å². The monoisotopic (exact) mass is 402 g/mol. The third-order valence-corrected chi connectivity index (χ3v) is 4.86. The molecule has 4 rings (SSSR count). The fourth-order valence-electron chi connectivity index (χ4n) is 3.10. The minimum Gasteiger partial charge on any atom is -0.493 e. The Labute approximate surface area is 165 Å². The highest BCUT2D eigenvalue weighted by molar-refractivity contribution is 6.31. The van der Waals surface area contributed by atoms with Gasteiger partial charge in [0.1, 0.15) is 18.8 Å². The van der Waals surface area contributed by atoms with E-state index in [1.807, 2.05) is 6.07 Å². The first-order valence-electron chi connectivity index (χ1n) is 8.50. The number of hydrogen-bond donors (Lipinski definition) is 1. The van der Waals surface area contributed by atoms with Crippen molar-refractivity contribution in [3.8, 4) is 11.5 Å². The van der Waals surface area contributed by atoms with Gasteiger partial charge < -0.3 is 9.47 Å². The molecule has 1 atom stereocenters. The SMILES string of the molecule is COc1cc([C@@H]2CC(=O)Nc3ncnn32)ccc1OCc1c(F)cccc1Cl. The second-order valence-corrected chi connectivity index (χ2v) is 6.60. The first-order chi connectivity index (χ1) is 13.6. The fourth-order valence-corrected chi connectivity index (χ4v) is 3.31. The summed E-state index contributed by atoms with van der Waals surface area (Å²) in [6.07, 6.45) is 1.62. The van der Waals surface area contributed by atoms with Crippen molar-refractivity contribution in [3.05, 3.63) is 64.7 Å². The van der Waals surface area contributed by atoms with Crippen molar-refractivity contribution in [3.63, 3.8) is 0 Å². The number of nitrogens with one attached hydrogen (secondary N) is 1. The van der Waals surface area contributed by atoms with Crippen LogP contribution in [0.3, 0.4) is 0 Å². The van der Waals surface area contributed by atoms with Gasteiger partial charge in [-0.25, -0.2) is 9.07 Å². The zero-order valence-corrected chi connectivity index (χ0v) is 15.6. The largest absolute Gasteiger partial charge is 0.493 e. The number of aromatic nitrogens is 3. The van der Waals surface area contributed by atoms with Crippen LogP contribution in [0.1, 0.15) is 23.6 Å². The van der Waals surface area contributed by atoms with Crippen molar-refractivity contribution in [2.45, 2.75) is 19.1 Å². The molecule has 0 spiro atoms. The lowest BCUT2D eigenvalue weighted by atomic mass is 10.0. The minimum absolute atomic E-state index is 0.0414. The van der Waals surface area contributed by atoms with E-state index in [-0.39, 0.29) is 30.5 Å². The molecule has 9 heteroatoms. The first-order valence-corrected chi connectivity index (χ1v) is 8.87. The van der Waals surface area contributed by atoms with Crippen LogP contribution in [0.2, 0.25) is 5.02 Å². The third kappa shape index (κ3) is 3.38. The maximum Gasteiger partial charge on any atom is 0.229 e. The van der Waals surface area contributed by atoms with Gasteiger partial charge in [-0.2, -0.15) is 10.1 Å². The van der Waals surface area contributed by atoms with E-state index in [1.165, 1.54) is 25.6 Å². The molecule has 0 radical (unpaired) electrons. The number of nitrogens with zero attached hydrogens (tertiary/aromatic N) is 3. The number of amides is 1. The van der Waals surface area contributed by atoms with Crippen LogP contribution in [0.4, 0.5) is 10.3 Å². The van der Waals surface area contributed by atoms with Crippen LogP contribution in [0.5, 0.6) is 11.5 Å². The van der Waals surface area contributed by atoms with E-state index in [1.54, 1.807) is 22.9 Å². The zero-order valence-electron chi connectivity index (χ0n) is 14.9. The second-order valence-electron chi connectivity index (χ2n) is 6.20. The Morgan fingerprint density at radius 2 is 2.18 bits per heavy atom. The highest BCUT2D eigenvalue weighted by atomic mass is 35.5. The van der Waals surface area contributed by atoms with E-state index >= 15 is 0 Å². The molecule has 7 nitrogen and oxygen atoms in total. The van der Waals surface area contributed by atoms with Crippen LogP contribution in [0.25, 0.3) is 0 Å². The predicted molar refractivity (Wildman–Crippen MR) is 100 cm³/mol. The quantitative estimate of drug-likeness (QED) is 0.705. The molecular formula is C19H16ClFN4O3. The Kier molecular flexibility index (Phi) is 4.87. The lowest BCUT2D eigenvalue weighted by molar-refractivity contribution is -0.117. The summed E-state index contributed by atoms with van der Waals surface area (Å²) < 4.78 is 26.7. The molecule has 1 amide bonds. The van der Waals surface area contributed by atoms with E-state index in [9.17, 15) is 9.18 Å². The summed E-state index contributed by atoms with van der Waals surface area (Å²) in [5, 5.41) is 7.15. The summed E-state index contributed by atoms with van der Waals surface area (Å²) in [5.41, 5.74) is 1.08. The maximum atomic E-state index is 13.9. The summed E-state index contributed by atoms with van der Waals surface area (Å²) in [6.45, 7) is -0.0414. The van der Waals surface area contributed by atoms with Gasteiger partial charge in [0.05, 0.1) is 24.6 Å². The summed E-state index contributed by atoms with van der Waals surface area (Å²) >= 11 is 6.04. The standard InChI is InChI=1S/C19H16ClFN4O3/c1-27-17-7-11(15-8-18(26)24-19-22-10-23-25(15)19)5-6-16(17)28-9-12-13(20)3-2-4-14(12)21/h2-7,10,15H,8-9H2,1H3,(H,22,23,24,26)/t15-/m0/s1. The lowest BCUT2D eigenvalue weighted by Gasteiger charge is -2.24. The Morgan fingerprint density at radius 3 is 2.96 bits per heavy atom. The summed E-state index contributed by atoms with van der Waals surface area (Å²) in [5.74, 6) is 0.714. The number of benzene rings is 2. The highest BCUT2D eigenvalue weighted by Gasteiger charge is 2.28. The van der Waals surface area contributed by atoms with Gasteiger partial charge in [0, 0.05) is 5.56 Å². The average molecular weight is 403 g/mol. The molecule has 0 saturated heterocycles. The van der Waals surface area contributed by atoms with Gasteiger partial charge in [-0.3, -0.25) is 10.1 Å².